The van der Waals surface area contributed by atoms with Crippen molar-refractivity contribution in [2.24, 2.45) is 0 Å². The van der Waals surface area contributed by atoms with Crippen molar-refractivity contribution in [1.82, 2.24) is 20.1 Å². The summed E-state index contributed by atoms with van der Waals surface area (Å²) in [6, 6.07) is 3.73. The first-order chi connectivity index (χ1) is 10.1. The Bertz CT molecular complexity index is 764. The number of anilines is 1. The zero-order valence-corrected chi connectivity index (χ0v) is 12.9. The van der Waals surface area contributed by atoms with Crippen LogP contribution in [-0.4, -0.2) is 20.1 Å². The van der Waals surface area contributed by atoms with Gasteiger partial charge in [0.05, 0.1) is 17.2 Å². The van der Waals surface area contributed by atoms with Crippen LogP contribution in [0.3, 0.4) is 0 Å². The third kappa shape index (κ3) is 3.08. The van der Waals surface area contributed by atoms with Gasteiger partial charge in [-0.15, -0.1) is 11.3 Å². The van der Waals surface area contributed by atoms with E-state index in [0.29, 0.717) is 18.3 Å². The summed E-state index contributed by atoms with van der Waals surface area (Å²) in [6.45, 7) is 6.53. The Hall–Kier alpha value is -2.28. The van der Waals surface area contributed by atoms with E-state index in [1.807, 2.05) is 19.1 Å². The SMILES string of the molecule is Cc1noc(-c2ccnc(NCc3nc(C)sc3C)c2)n1. The van der Waals surface area contributed by atoms with Crippen LogP contribution in [0.4, 0.5) is 5.82 Å². The van der Waals surface area contributed by atoms with Crippen molar-refractivity contribution in [1.29, 1.82) is 0 Å². The van der Waals surface area contributed by atoms with Crippen LogP contribution in [0.5, 0.6) is 0 Å². The number of rotatable bonds is 4. The number of nitrogens with one attached hydrogen (secondary N) is 1. The minimum absolute atomic E-state index is 0.499. The standard InChI is InChI=1S/C14H15N5OS/c1-8-12(18-10(3)21-8)7-16-13-6-11(4-5-15-13)14-17-9(2)19-20-14/h4-6H,7H2,1-3H3,(H,15,16). The highest BCUT2D eigenvalue weighted by Gasteiger charge is 2.08. The average Bonchev–Trinajstić information content (AvgIpc) is 3.03. The molecule has 1 N–H and O–H groups in total. The third-order valence-electron chi connectivity index (χ3n) is 2.97. The van der Waals surface area contributed by atoms with Gasteiger partial charge in [0.15, 0.2) is 5.82 Å². The minimum atomic E-state index is 0.499. The Balaban J connectivity index is 1.76. The fourth-order valence-corrected chi connectivity index (χ4v) is 2.82. The molecule has 0 fully saturated rings. The normalized spacial score (nSPS) is 10.8. The first kappa shape index (κ1) is 13.7. The highest BCUT2D eigenvalue weighted by molar-refractivity contribution is 7.11. The van der Waals surface area contributed by atoms with E-state index in [4.69, 9.17) is 4.52 Å². The summed E-state index contributed by atoms with van der Waals surface area (Å²) >= 11 is 1.70. The highest BCUT2D eigenvalue weighted by Crippen LogP contribution is 2.21. The molecule has 0 aromatic carbocycles. The Morgan fingerprint density at radius 1 is 1.24 bits per heavy atom. The molecular formula is C14H15N5OS. The maximum Gasteiger partial charge on any atom is 0.258 e. The van der Waals surface area contributed by atoms with Crippen LogP contribution in [0.2, 0.25) is 0 Å². The second-order valence-electron chi connectivity index (χ2n) is 4.67. The van der Waals surface area contributed by atoms with E-state index in [-0.39, 0.29) is 0 Å². The van der Waals surface area contributed by atoms with Crippen molar-refractivity contribution < 1.29 is 4.52 Å². The maximum absolute atomic E-state index is 5.16. The minimum Gasteiger partial charge on any atom is -0.364 e. The molecule has 0 unspecified atom stereocenters. The Kier molecular flexibility index (Phi) is 3.66. The van der Waals surface area contributed by atoms with Crippen LogP contribution in [-0.2, 0) is 6.54 Å². The molecule has 6 nitrogen and oxygen atoms in total. The van der Waals surface area contributed by atoms with Gasteiger partial charge >= 0.3 is 0 Å². The molecule has 0 atom stereocenters. The second kappa shape index (κ2) is 5.61. The largest absolute Gasteiger partial charge is 0.364 e. The van der Waals surface area contributed by atoms with E-state index in [0.717, 1.165) is 22.1 Å². The number of hydrogen-bond acceptors (Lipinski definition) is 7. The summed E-state index contributed by atoms with van der Waals surface area (Å²) in [6.07, 6.45) is 1.72. The molecule has 0 amide bonds. The van der Waals surface area contributed by atoms with E-state index >= 15 is 0 Å². The molecule has 0 aliphatic carbocycles. The summed E-state index contributed by atoms with van der Waals surface area (Å²) in [5, 5.41) is 8.15. The van der Waals surface area contributed by atoms with Crippen LogP contribution >= 0.6 is 11.3 Å². The molecule has 0 spiro atoms. The number of pyridine rings is 1. The number of hydrogen-bond donors (Lipinski definition) is 1. The predicted octanol–water partition coefficient (Wildman–Crippen LogP) is 3.13. The van der Waals surface area contributed by atoms with Crippen molar-refractivity contribution in [3.63, 3.8) is 0 Å². The van der Waals surface area contributed by atoms with Crippen molar-refractivity contribution in [3.8, 4) is 11.5 Å². The van der Waals surface area contributed by atoms with Gasteiger partial charge in [-0.3, -0.25) is 0 Å². The van der Waals surface area contributed by atoms with Gasteiger partial charge in [-0.25, -0.2) is 9.97 Å². The molecular weight excluding hydrogens is 286 g/mol. The summed E-state index contributed by atoms with van der Waals surface area (Å²) in [5.74, 6) is 1.87. The Morgan fingerprint density at radius 3 is 2.76 bits per heavy atom. The second-order valence-corrected chi connectivity index (χ2v) is 6.07. The predicted molar refractivity (Wildman–Crippen MR) is 81.2 cm³/mol. The molecule has 21 heavy (non-hydrogen) atoms. The molecule has 3 rings (SSSR count). The van der Waals surface area contributed by atoms with E-state index in [9.17, 15) is 0 Å². The van der Waals surface area contributed by atoms with Gasteiger partial charge in [0, 0.05) is 16.6 Å². The van der Waals surface area contributed by atoms with Crippen LogP contribution < -0.4 is 5.32 Å². The fourth-order valence-electron chi connectivity index (χ4n) is 1.98. The maximum atomic E-state index is 5.16. The molecule has 0 bridgehead atoms. The van der Waals surface area contributed by atoms with Crippen molar-refractivity contribution in [2.45, 2.75) is 27.3 Å². The van der Waals surface area contributed by atoms with Crippen LogP contribution in [0.15, 0.2) is 22.9 Å². The van der Waals surface area contributed by atoms with Crippen LogP contribution in [0.1, 0.15) is 21.4 Å². The molecule has 3 aromatic rings. The van der Waals surface area contributed by atoms with E-state index in [1.165, 1.54) is 4.88 Å². The van der Waals surface area contributed by atoms with Gasteiger partial charge < -0.3 is 9.84 Å². The molecule has 3 heterocycles. The zero-order chi connectivity index (χ0) is 14.8. The number of aromatic nitrogens is 4. The number of nitrogens with zero attached hydrogens (tertiary/aromatic N) is 4. The monoisotopic (exact) mass is 301 g/mol. The first-order valence-corrected chi connectivity index (χ1v) is 7.37. The van der Waals surface area contributed by atoms with E-state index < -0.39 is 0 Å². The summed E-state index contributed by atoms with van der Waals surface area (Å²) < 4.78 is 5.16. The van der Waals surface area contributed by atoms with Crippen LogP contribution in [0, 0.1) is 20.8 Å². The Morgan fingerprint density at radius 2 is 2.10 bits per heavy atom. The molecule has 0 radical (unpaired) electrons. The Labute approximate surface area is 126 Å². The molecule has 0 aliphatic rings. The number of aryl methyl sites for hydroxylation is 3. The van der Waals surface area contributed by atoms with Crippen molar-refractivity contribution >= 4 is 17.2 Å². The third-order valence-corrected chi connectivity index (χ3v) is 3.90. The molecule has 7 heteroatoms. The lowest BCUT2D eigenvalue weighted by Gasteiger charge is -2.05. The quantitative estimate of drug-likeness (QED) is 0.798. The average molecular weight is 301 g/mol. The lowest BCUT2D eigenvalue weighted by atomic mass is 10.2. The summed E-state index contributed by atoms with van der Waals surface area (Å²) in [4.78, 5) is 14.2. The molecule has 108 valence electrons. The topological polar surface area (TPSA) is 76.7 Å². The number of thiazole rings is 1. The van der Waals surface area contributed by atoms with E-state index in [2.05, 4.69) is 32.3 Å². The molecule has 0 saturated heterocycles. The van der Waals surface area contributed by atoms with Gasteiger partial charge in [-0.1, -0.05) is 5.16 Å². The lowest BCUT2D eigenvalue weighted by molar-refractivity contribution is 0.425. The molecule has 3 aromatic heterocycles. The highest BCUT2D eigenvalue weighted by atomic mass is 32.1. The van der Waals surface area contributed by atoms with Gasteiger partial charge in [-0.2, -0.15) is 4.98 Å². The molecule has 0 saturated carbocycles. The van der Waals surface area contributed by atoms with Crippen LogP contribution in [0.25, 0.3) is 11.5 Å². The van der Waals surface area contributed by atoms with Gasteiger partial charge in [-0.05, 0) is 32.9 Å². The van der Waals surface area contributed by atoms with E-state index in [1.54, 1.807) is 24.5 Å². The van der Waals surface area contributed by atoms with Gasteiger partial charge in [0.1, 0.15) is 5.82 Å². The fraction of sp³-hybridized carbons (Fsp3) is 0.286. The van der Waals surface area contributed by atoms with Crippen molar-refractivity contribution in [3.05, 3.63) is 39.7 Å². The first-order valence-electron chi connectivity index (χ1n) is 6.55. The van der Waals surface area contributed by atoms with Crippen molar-refractivity contribution in [2.75, 3.05) is 5.32 Å². The smallest absolute Gasteiger partial charge is 0.258 e. The zero-order valence-electron chi connectivity index (χ0n) is 12.0. The van der Waals surface area contributed by atoms with Gasteiger partial charge in [0.2, 0.25) is 0 Å². The lowest BCUT2D eigenvalue weighted by Crippen LogP contribution is -2.02. The van der Waals surface area contributed by atoms with Gasteiger partial charge in [0.25, 0.3) is 5.89 Å². The molecule has 0 aliphatic heterocycles. The summed E-state index contributed by atoms with van der Waals surface area (Å²) in [7, 11) is 0. The summed E-state index contributed by atoms with van der Waals surface area (Å²) in [5.41, 5.74) is 1.90.